The van der Waals surface area contributed by atoms with Crippen LogP contribution in [0.3, 0.4) is 0 Å². The summed E-state index contributed by atoms with van der Waals surface area (Å²) in [7, 11) is 6.25. The zero-order valence-electron chi connectivity index (χ0n) is 47.4. The van der Waals surface area contributed by atoms with Crippen LogP contribution in [0.4, 0.5) is 34.1 Å². The van der Waals surface area contributed by atoms with Crippen molar-refractivity contribution in [3.63, 3.8) is 0 Å². The summed E-state index contributed by atoms with van der Waals surface area (Å²) in [6.07, 6.45) is 10.7. The van der Waals surface area contributed by atoms with E-state index in [9.17, 15) is 4.79 Å². The van der Waals surface area contributed by atoms with E-state index in [0.29, 0.717) is 62.5 Å². The van der Waals surface area contributed by atoms with Crippen molar-refractivity contribution in [3.05, 3.63) is 163 Å². The zero-order valence-corrected chi connectivity index (χ0v) is 47.4. The fourth-order valence-corrected chi connectivity index (χ4v) is 8.07. The summed E-state index contributed by atoms with van der Waals surface area (Å²) < 4.78 is 58.0. The molecule has 430 valence electrons. The number of nitrogens with zero attached hydrogens (tertiary/aromatic N) is 6. The van der Waals surface area contributed by atoms with Crippen molar-refractivity contribution < 1.29 is 52.2 Å². The summed E-state index contributed by atoms with van der Waals surface area (Å²) in [4.78, 5) is 13.0. The van der Waals surface area contributed by atoms with Crippen LogP contribution in [0.25, 0.3) is 0 Å². The Morgan fingerprint density at radius 2 is 0.524 bits per heavy atom. The van der Waals surface area contributed by atoms with E-state index in [0.717, 1.165) is 146 Å². The molecule has 0 heterocycles. The molecule has 0 radical (unpaired) electrons. The lowest BCUT2D eigenvalue weighted by Crippen LogP contribution is -2.09. The molecule has 17 heteroatoms. The quantitative estimate of drug-likeness (QED) is 0.0205. The summed E-state index contributed by atoms with van der Waals surface area (Å²) in [6, 6.07) is 48.3. The lowest BCUT2D eigenvalue weighted by atomic mass is 10.1. The minimum absolute atomic E-state index is 0.323. The highest BCUT2D eigenvalue weighted by Crippen LogP contribution is 2.40. The third-order valence-corrected chi connectivity index (χ3v) is 12.7. The van der Waals surface area contributed by atoms with Gasteiger partial charge in [0.2, 0.25) is 5.75 Å². The largest absolute Gasteiger partial charge is 0.497 e. The smallest absolute Gasteiger partial charge is 0.338 e. The van der Waals surface area contributed by atoms with Crippen molar-refractivity contribution in [2.24, 2.45) is 30.7 Å². The average Bonchev–Trinajstić information content (AvgIpc) is 3.65. The van der Waals surface area contributed by atoms with Gasteiger partial charge in [-0.1, -0.05) is 0 Å². The number of azo groups is 3. The highest BCUT2D eigenvalue weighted by Gasteiger charge is 2.20. The lowest BCUT2D eigenvalue weighted by molar-refractivity contribution is 0.0599. The highest BCUT2D eigenvalue weighted by atomic mass is 16.5. The minimum atomic E-state index is -0.491. The molecule has 0 N–H and O–H groups in total. The predicted molar refractivity (Wildman–Crippen MR) is 317 cm³/mol. The first kappa shape index (κ1) is 60.6. The first-order valence-corrected chi connectivity index (χ1v) is 27.9. The monoisotopic (exact) mass is 1110 g/mol. The highest BCUT2D eigenvalue weighted by molar-refractivity contribution is 5.91. The molecule has 0 unspecified atom stereocenters. The second-order valence-electron chi connectivity index (χ2n) is 18.8. The Kier molecular flexibility index (Phi) is 25.8. The minimum Gasteiger partial charge on any atom is -0.497 e. The van der Waals surface area contributed by atoms with Gasteiger partial charge in [-0.15, -0.1) is 0 Å². The van der Waals surface area contributed by atoms with Gasteiger partial charge in [0.1, 0.15) is 34.5 Å². The van der Waals surface area contributed by atoms with Gasteiger partial charge in [0.15, 0.2) is 11.5 Å². The molecule has 0 aliphatic heterocycles. The molecule has 0 atom stereocenters. The molecular weight excluding hydrogens is 1040 g/mol. The first-order valence-electron chi connectivity index (χ1n) is 27.9. The summed E-state index contributed by atoms with van der Waals surface area (Å²) in [6.45, 7) is 3.03. The van der Waals surface area contributed by atoms with Gasteiger partial charge < -0.3 is 47.4 Å². The molecule has 0 aromatic heterocycles. The van der Waals surface area contributed by atoms with Crippen molar-refractivity contribution in [1.29, 1.82) is 0 Å². The van der Waals surface area contributed by atoms with E-state index in [1.165, 1.54) is 7.11 Å². The number of methoxy groups -OCH3 is 4. The third kappa shape index (κ3) is 21.6. The molecule has 0 saturated heterocycles. The topological polar surface area (TPSA) is 184 Å². The van der Waals surface area contributed by atoms with Gasteiger partial charge in [-0.2, -0.15) is 30.7 Å². The Balaban J connectivity index is 0.846. The van der Waals surface area contributed by atoms with E-state index >= 15 is 0 Å². The second kappa shape index (κ2) is 34.9. The van der Waals surface area contributed by atoms with E-state index in [1.54, 1.807) is 33.5 Å². The molecule has 0 aliphatic carbocycles. The summed E-state index contributed by atoms with van der Waals surface area (Å²) in [5.41, 5.74) is 4.74. The van der Waals surface area contributed by atoms with Crippen LogP contribution >= 0.6 is 0 Å². The number of carbonyl (C=O) groups is 1. The number of unbranched alkanes of at least 4 members (excludes halogenated alkanes) is 9. The Morgan fingerprint density at radius 1 is 0.293 bits per heavy atom. The van der Waals surface area contributed by atoms with E-state index in [1.807, 2.05) is 146 Å². The van der Waals surface area contributed by atoms with Gasteiger partial charge in [-0.3, -0.25) is 0 Å². The van der Waals surface area contributed by atoms with Crippen molar-refractivity contribution in [2.75, 3.05) is 68.1 Å². The standard InChI is InChI=1S/C65H74N6O11/c1-73-56-29-17-50(18-30-56)66-69-53-23-35-59(36-24-53)77-41-11-5-8-14-44-80-62-47-49(65(72)76-4)48-63(81-45-15-9-6-12-42-78-60-37-25-54(26-38-60)70-67-51-19-31-57(74-2)32-20-51)64(62)82-46-16-10-7-13-43-79-61-39-27-55(28-40-61)71-68-52-21-33-58(75-3)34-22-52/h17-40,47-48H,5-16,41-46H2,1-4H3. The molecule has 0 bridgehead atoms. The molecule has 0 amide bonds. The summed E-state index contributed by atoms with van der Waals surface area (Å²) in [5, 5.41) is 25.9. The van der Waals surface area contributed by atoms with Gasteiger partial charge >= 0.3 is 5.97 Å². The molecule has 0 fully saturated rings. The van der Waals surface area contributed by atoms with E-state index in [4.69, 9.17) is 47.4 Å². The number of ether oxygens (including phenoxy) is 10. The molecule has 82 heavy (non-hydrogen) atoms. The third-order valence-electron chi connectivity index (χ3n) is 12.7. The molecule has 17 nitrogen and oxygen atoms in total. The Labute approximate surface area is 481 Å². The SMILES string of the molecule is COC(=O)c1cc(OCCCCCCOc2ccc(N=Nc3ccc(OC)cc3)cc2)c(OCCCCCCOc2ccc(N=Nc3ccc(OC)cc3)cc2)c(OCCCCCCOc2ccc(N=Nc3ccc(OC)cc3)cc2)c1. The van der Waals surface area contributed by atoms with Crippen LogP contribution in [0.15, 0.2) is 188 Å². The average molecular weight is 1120 g/mol. The van der Waals surface area contributed by atoms with Crippen LogP contribution in [-0.4, -0.2) is 74.0 Å². The summed E-state index contributed by atoms with van der Waals surface area (Å²) in [5.74, 6) is 5.51. The molecule has 7 rings (SSSR count). The van der Waals surface area contributed by atoms with E-state index in [-0.39, 0.29) is 0 Å². The van der Waals surface area contributed by atoms with Crippen LogP contribution in [0, 0.1) is 0 Å². The second-order valence-corrected chi connectivity index (χ2v) is 18.8. The Morgan fingerprint density at radius 3 is 0.768 bits per heavy atom. The molecular formula is C65H74N6O11. The predicted octanol–water partition coefficient (Wildman–Crippen LogP) is 17.8. The first-order chi connectivity index (χ1) is 40.4. The normalized spacial score (nSPS) is 11.2. The van der Waals surface area contributed by atoms with Crippen molar-refractivity contribution in [1.82, 2.24) is 0 Å². The van der Waals surface area contributed by atoms with Crippen LogP contribution < -0.4 is 42.6 Å². The number of hydrogen-bond acceptors (Lipinski definition) is 17. The number of hydrogen-bond donors (Lipinski definition) is 0. The Hall–Kier alpha value is -8.99. The van der Waals surface area contributed by atoms with Crippen molar-refractivity contribution in [3.8, 4) is 51.7 Å². The van der Waals surface area contributed by atoms with Gasteiger partial charge in [-0.05, 0) is 235 Å². The number of rotatable bonds is 37. The van der Waals surface area contributed by atoms with Crippen LogP contribution in [0.5, 0.6) is 51.7 Å². The van der Waals surface area contributed by atoms with Crippen molar-refractivity contribution in [2.45, 2.75) is 77.0 Å². The molecule has 0 aliphatic rings. The molecule has 0 spiro atoms. The molecule has 0 saturated carbocycles. The maximum Gasteiger partial charge on any atom is 0.338 e. The van der Waals surface area contributed by atoms with Crippen LogP contribution in [0.2, 0.25) is 0 Å². The van der Waals surface area contributed by atoms with Gasteiger partial charge in [0.25, 0.3) is 0 Å². The Bertz CT molecular complexity index is 2890. The van der Waals surface area contributed by atoms with E-state index < -0.39 is 5.97 Å². The maximum atomic E-state index is 13.0. The fourth-order valence-electron chi connectivity index (χ4n) is 8.07. The number of esters is 1. The summed E-state index contributed by atoms with van der Waals surface area (Å²) >= 11 is 0. The molecule has 7 aromatic rings. The lowest BCUT2D eigenvalue weighted by Gasteiger charge is -2.18. The van der Waals surface area contributed by atoms with Crippen molar-refractivity contribution >= 4 is 40.1 Å². The van der Waals surface area contributed by atoms with Gasteiger partial charge in [0, 0.05) is 0 Å². The van der Waals surface area contributed by atoms with Crippen LogP contribution in [-0.2, 0) is 4.74 Å². The van der Waals surface area contributed by atoms with Gasteiger partial charge in [-0.25, -0.2) is 4.79 Å². The van der Waals surface area contributed by atoms with Gasteiger partial charge in [0.05, 0.1) is 108 Å². The maximum absolute atomic E-state index is 13.0. The number of carbonyl (C=O) groups excluding carboxylic acids is 1. The van der Waals surface area contributed by atoms with E-state index in [2.05, 4.69) is 30.7 Å². The molecule has 7 aromatic carbocycles. The fraction of sp³-hybridized carbons (Fsp3) is 0.338. The van der Waals surface area contributed by atoms with Crippen LogP contribution in [0.1, 0.15) is 87.4 Å². The zero-order chi connectivity index (χ0) is 57.2. The number of benzene rings is 7.